The summed E-state index contributed by atoms with van der Waals surface area (Å²) in [6, 6.07) is 16.6. The van der Waals surface area contributed by atoms with Gasteiger partial charge in [0.05, 0.1) is 0 Å². The summed E-state index contributed by atoms with van der Waals surface area (Å²) in [5, 5.41) is 2.64. The smallest absolute Gasteiger partial charge is 0.412 e. The molecule has 0 bridgehead atoms. The van der Waals surface area contributed by atoms with Gasteiger partial charge in [0.25, 0.3) is 0 Å². The minimum absolute atomic E-state index is 0.0802. The fourth-order valence-electron chi connectivity index (χ4n) is 3.06. The number of hydrogen-bond acceptors (Lipinski definition) is 3. The van der Waals surface area contributed by atoms with Crippen molar-refractivity contribution < 1.29 is 9.53 Å². The van der Waals surface area contributed by atoms with E-state index in [1.165, 1.54) is 22.3 Å². The van der Waals surface area contributed by atoms with Crippen molar-refractivity contribution in [3.63, 3.8) is 0 Å². The number of carbonyl (C=O) groups is 1. The van der Waals surface area contributed by atoms with Crippen LogP contribution in [0.25, 0.3) is 11.1 Å². The van der Waals surface area contributed by atoms with Gasteiger partial charge < -0.3 is 4.74 Å². The van der Waals surface area contributed by atoms with Crippen LogP contribution in [0, 0.1) is 0 Å². The zero-order chi connectivity index (χ0) is 16.2. The molecule has 0 saturated carbocycles. The predicted octanol–water partition coefficient (Wildman–Crippen LogP) is 3.96. The average Bonchev–Trinajstić information content (AvgIpc) is 2.87. The highest BCUT2D eigenvalue weighted by Crippen LogP contribution is 2.44. The number of ether oxygens (including phenoxy) is 1. The lowest BCUT2D eigenvalue weighted by Gasteiger charge is -2.14. The van der Waals surface area contributed by atoms with Gasteiger partial charge >= 0.3 is 6.09 Å². The third kappa shape index (κ3) is 3.11. The first-order chi connectivity index (χ1) is 11.2. The lowest BCUT2D eigenvalue weighted by molar-refractivity contribution is 0.148. The molecule has 0 aromatic heterocycles. The van der Waals surface area contributed by atoms with Gasteiger partial charge in [-0.25, -0.2) is 4.79 Å². The van der Waals surface area contributed by atoms with Gasteiger partial charge in [0.15, 0.2) is 0 Å². The Labute approximate surface area is 136 Å². The number of benzene rings is 2. The molecule has 0 heterocycles. The van der Waals surface area contributed by atoms with Gasteiger partial charge in [-0.2, -0.15) is 0 Å². The molecular weight excluding hydrogens is 288 g/mol. The summed E-state index contributed by atoms with van der Waals surface area (Å²) in [7, 11) is 0. The van der Waals surface area contributed by atoms with Crippen molar-refractivity contribution >= 4 is 11.9 Å². The summed E-state index contributed by atoms with van der Waals surface area (Å²) >= 11 is 0. The molecular formula is C19H20N2O2. The van der Waals surface area contributed by atoms with E-state index in [-0.39, 0.29) is 5.92 Å². The van der Waals surface area contributed by atoms with E-state index < -0.39 is 6.09 Å². The minimum atomic E-state index is -0.457. The van der Waals surface area contributed by atoms with Crippen molar-refractivity contribution in [3.8, 4) is 11.1 Å². The number of nitrogens with zero attached hydrogens (tertiary/aromatic N) is 1. The van der Waals surface area contributed by atoms with Gasteiger partial charge in [-0.3, -0.25) is 10.3 Å². The number of nitrogens with one attached hydrogen (secondary N) is 1. The summed E-state index contributed by atoms with van der Waals surface area (Å²) in [6.07, 6.45) is -0.457. The third-order valence-corrected chi connectivity index (χ3v) is 4.02. The highest BCUT2D eigenvalue weighted by atomic mass is 16.5. The van der Waals surface area contributed by atoms with Crippen LogP contribution in [-0.2, 0) is 4.74 Å². The topological polar surface area (TPSA) is 50.7 Å². The maximum atomic E-state index is 11.9. The molecule has 23 heavy (non-hydrogen) atoms. The highest BCUT2D eigenvalue weighted by molar-refractivity contribution is 5.93. The van der Waals surface area contributed by atoms with Gasteiger partial charge in [0.1, 0.15) is 12.4 Å². The maximum Gasteiger partial charge on any atom is 0.412 e. The Morgan fingerprint density at radius 2 is 1.65 bits per heavy atom. The number of amides is 1. The van der Waals surface area contributed by atoms with E-state index in [4.69, 9.17) is 4.74 Å². The first-order valence-electron chi connectivity index (χ1n) is 7.83. The second-order valence-electron chi connectivity index (χ2n) is 5.51. The van der Waals surface area contributed by atoms with Crippen molar-refractivity contribution in [1.29, 1.82) is 0 Å². The van der Waals surface area contributed by atoms with E-state index in [0.29, 0.717) is 19.0 Å². The minimum Gasteiger partial charge on any atom is -0.448 e. The van der Waals surface area contributed by atoms with Crippen LogP contribution in [0.1, 0.15) is 30.9 Å². The fourth-order valence-corrected chi connectivity index (χ4v) is 3.06. The van der Waals surface area contributed by atoms with E-state index in [0.717, 1.165) is 0 Å². The molecule has 0 spiro atoms. The van der Waals surface area contributed by atoms with E-state index >= 15 is 0 Å². The standard InChI is InChI=1S/C19H20N2O2/c1-3-20-13(2)21-19(22)23-12-18-16-10-6-4-8-14(16)15-9-5-7-11-17(15)18/h4-11,18H,3,12H2,1-2H3,(H,20,21,22). The summed E-state index contributed by atoms with van der Waals surface area (Å²) in [5.74, 6) is 0.654. The largest absolute Gasteiger partial charge is 0.448 e. The Kier molecular flexibility index (Phi) is 4.42. The zero-order valence-corrected chi connectivity index (χ0v) is 13.4. The van der Waals surface area contributed by atoms with Crippen molar-refractivity contribution in [1.82, 2.24) is 5.32 Å². The van der Waals surface area contributed by atoms with Crippen molar-refractivity contribution in [2.24, 2.45) is 4.99 Å². The molecule has 1 amide bonds. The fraction of sp³-hybridized carbons (Fsp3) is 0.263. The molecule has 0 aliphatic heterocycles. The summed E-state index contributed by atoms with van der Waals surface area (Å²) < 4.78 is 5.43. The van der Waals surface area contributed by atoms with Gasteiger partial charge in [0.2, 0.25) is 0 Å². The van der Waals surface area contributed by atoms with Crippen molar-refractivity contribution in [2.45, 2.75) is 19.8 Å². The average molecular weight is 308 g/mol. The SMILES string of the molecule is CCN=C(C)NC(=O)OCC1c2ccccc2-c2ccccc21. The molecule has 1 aliphatic rings. The van der Waals surface area contributed by atoms with E-state index in [1.54, 1.807) is 6.92 Å². The number of rotatable bonds is 3. The van der Waals surface area contributed by atoms with E-state index in [9.17, 15) is 4.79 Å². The number of hydrogen-bond donors (Lipinski definition) is 1. The second kappa shape index (κ2) is 6.65. The molecule has 2 aromatic carbocycles. The van der Waals surface area contributed by atoms with Crippen molar-refractivity contribution in [2.75, 3.05) is 13.2 Å². The lowest BCUT2D eigenvalue weighted by atomic mass is 9.98. The van der Waals surface area contributed by atoms with Crippen LogP contribution in [0.3, 0.4) is 0 Å². The molecule has 3 rings (SSSR count). The van der Waals surface area contributed by atoms with Crippen LogP contribution in [0.2, 0.25) is 0 Å². The number of carbonyl (C=O) groups excluding carboxylic acids is 1. The molecule has 4 nitrogen and oxygen atoms in total. The monoisotopic (exact) mass is 308 g/mol. The van der Waals surface area contributed by atoms with Crippen LogP contribution < -0.4 is 5.32 Å². The Morgan fingerprint density at radius 1 is 1.09 bits per heavy atom. The Balaban J connectivity index is 1.76. The van der Waals surface area contributed by atoms with Crippen LogP contribution in [-0.4, -0.2) is 25.1 Å². The Hall–Kier alpha value is -2.62. The molecule has 0 radical (unpaired) electrons. The van der Waals surface area contributed by atoms with Gasteiger partial charge in [-0.1, -0.05) is 48.5 Å². The van der Waals surface area contributed by atoms with Gasteiger partial charge in [-0.05, 0) is 36.1 Å². The molecule has 4 heteroatoms. The summed E-state index contributed by atoms with van der Waals surface area (Å²) in [5.41, 5.74) is 4.86. The molecule has 1 N–H and O–H groups in total. The van der Waals surface area contributed by atoms with Gasteiger partial charge in [0, 0.05) is 12.5 Å². The maximum absolute atomic E-state index is 11.9. The number of fused-ring (bicyclic) bond motifs is 3. The molecule has 0 fully saturated rings. The van der Waals surface area contributed by atoms with E-state index in [2.05, 4.69) is 34.6 Å². The number of aliphatic imine (C=N–C) groups is 1. The second-order valence-corrected chi connectivity index (χ2v) is 5.51. The predicted molar refractivity (Wildman–Crippen MR) is 91.9 cm³/mol. The van der Waals surface area contributed by atoms with Crippen LogP contribution in [0.15, 0.2) is 53.5 Å². The molecule has 1 aliphatic carbocycles. The molecule has 118 valence electrons. The van der Waals surface area contributed by atoms with E-state index in [1.807, 2.05) is 31.2 Å². The molecule has 0 unspecified atom stereocenters. The molecule has 2 aromatic rings. The third-order valence-electron chi connectivity index (χ3n) is 4.02. The first kappa shape index (κ1) is 15.3. The summed E-state index contributed by atoms with van der Waals surface area (Å²) in [6.45, 7) is 4.63. The Morgan fingerprint density at radius 3 is 2.22 bits per heavy atom. The number of alkyl carbamates (subject to hydrolysis) is 1. The van der Waals surface area contributed by atoms with Crippen LogP contribution >= 0.6 is 0 Å². The normalized spacial score (nSPS) is 13.4. The van der Waals surface area contributed by atoms with Gasteiger partial charge in [-0.15, -0.1) is 0 Å². The number of amidine groups is 1. The highest BCUT2D eigenvalue weighted by Gasteiger charge is 2.28. The Bertz CT molecular complexity index is 707. The van der Waals surface area contributed by atoms with Crippen molar-refractivity contribution in [3.05, 3.63) is 59.7 Å². The molecule has 0 atom stereocenters. The first-order valence-corrected chi connectivity index (χ1v) is 7.83. The quantitative estimate of drug-likeness (QED) is 0.689. The van der Waals surface area contributed by atoms with Crippen LogP contribution in [0.5, 0.6) is 0 Å². The lowest BCUT2D eigenvalue weighted by Crippen LogP contribution is -2.30. The molecule has 0 saturated heterocycles. The van der Waals surface area contributed by atoms with Crippen LogP contribution in [0.4, 0.5) is 4.79 Å². The summed E-state index contributed by atoms with van der Waals surface area (Å²) in [4.78, 5) is 16.0. The zero-order valence-electron chi connectivity index (χ0n) is 13.4.